The monoisotopic (exact) mass is 216 g/mol. The zero-order valence-electron chi connectivity index (χ0n) is 9.14. The number of pyridine rings is 1. The summed E-state index contributed by atoms with van der Waals surface area (Å²) < 4.78 is 5.21. The fraction of sp³-hybridized carbons (Fsp3) is 0.182. The molecule has 0 aromatic carbocycles. The largest absolute Gasteiger partial charge is 0.494 e. The number of methoxy groups -OCH3 is 1. The molecule has 0 atom stereocenters. The van der Waals surface area contributed by atoms with Gasteiger partial charge in [-0.1, -0.05) is 0 Å². The highest BCUT2D eigenvalue weighted by molar-refractivity contribution is 5.64. The summed E-state index contributed by atoms with van der Waals surface area (Å²) in [7, 11) is 1.59. The van der Waals surface area contributed by atoms with Crippen LogP contribution in [0.5, 0.6) is 5.75 Å². The van der Waals surface area contributed by atoms with Crippen molar-refractivity contribution < 1.29 is 4.74 Å². The molecule has 82 valence electrons. The molecule has 0 aliphatic heterocycles. The maximum atomic E-state index is 5.62. The van der Waals surface area contributed by atoms with E-state index in [1.54, 1.807) is 25.6 Å². The topological polar surface area (TPSA) is 73.9 Å². The lowest BCUT2D eigenvalue weighted by atomic mass is 10.2. The van der Waals surface area contributed by atoms with Crippen molar-refractivity contribution in [3.05, 3.63) is 30.2 Å². The van der Waals surface area contributed by atoms with E-state index in [0.717, 1.165) is 11.3 Å². The Labute approximate surface area is 93.3 Å². The quantitative estimate of drug-likeness (QED) is 0.822. The molecule has 16 heavy (non-hydrogen) atoms. The van der Waals surface area contributed by atoms with Gasteiger partial charge >= 0.3 is 0 Å². The smallest absolute Gasteiger partial charge is 0.165 e. The number of nitrogen functional groups attached to an aromatic ring is 1. The van der Waals surface area contributed by atoms with Gasteiger partial charge in [0.2, 0.25) is 0 Å². The van der Waals surface area contributed by atoms with Crippen molar-refractivity contribution in [1.82, 2.24) is 15.0 Å². The Morgan fingerprint density at radius 1 is 1.31 bits per heavy atom. The molecular formula is C11H12N4O. The third-order valence-electron chi connectivity index (χ3n) is 2.14. The zero-order valence-corrected chi connectivity index (χ0v) is 9.14. The van der Waals surface area contributed by atoms with E-state index in [1.165, 1.54) is 0 Å². The summed E-state index contributed by atoms with van der Waals surface area (Å²) in [5.74, 6) is 1.61. The van der Waals surface area contributed by atoms with Crippen molar-refractivity contribution in [2.24, 2.45) is 0 Å². The first kappa shape index (κ1) is 10.4. The number of aryl methyl sites for hydroxylation is 1. The number of hydrogen-bond donors (Lipinski definition) is 1. The predicted molar refractivity (Wildman–Crippen MR) is 61.0 cm³/mol. The first-order chi connectivity index (χ1) is 7.70. The van der Waals surface area contributed by atoms with Crippen LogP contribution in [0.4, 0.5) is 5.82 Å². The van der Waals surface area contributed by atoms with Crippen molar-refractivity contribution in [3.63, 3.8) is 0 Å². The summed E-state index contributed by atoms with van der Waals surface area (Å²) in [5.41, 5.74) is 7.29. The fourth-order valence-electron chi connectivity index (χ4n) is 1.39. The van der Waals surface area contributed by atoms with Gasteiger partial charge in [0.05, 0.1) is 18.9 Å². The third kappa shape index (κ3) is 1.93. The van der Waals surface area contributed by atoms with Crippen LogP contribution in [0, 0.1) is 6.92 Å². The van der Waals surface area contributed by atoms with Gasteiger partial charge in [-0.3, -0.25) is 4.98 Å². The molecule has 2 heterocycles. The molecule has 0 amide bonds. The Balaban J connectivity index is 2.58. The number of hydrogen-bond acceptors (Lipinski definition) is 5. The van der Waals surface area contributed by atoms with Gasteiger partial charge in [0.15, 0.2) is 5.82 Å². The number of aromatic nitrogens is 3. The van der Waals surface area contributed by atoms with Crippen LogP contribution in [0.1, 0.15) is 5.69 Å². The molecule has 0 aliphatic carbocycles. The molecule has 5 nitrogen and oxygen atoms in total. The molecule has 2 rings (SSSR count). The van der Waals surface area contributed by atoms with Crippen molar-refractivity contribution in [2.45, 2.75) is 6.92 Å². The van der Waals surface area contributed by atoms with Gasteiger partial charge in [0.25, 0.3) is 0 Å². The minimum Gasteiger partial charge on any atom is -0.494 e. The first-order valence-electron chi connectivity index (χ1n) is 4.80. The standard InChI is InChI=1S/C11H12N4O/c1-7-5-8(9(16-2)6-14-7)11-13-4-3-10(12)15-11/h3-6H,1-2H3,(H2,12,13,15). The van der Waals surface area contributed by atoms with Gasteiger partial charge in [0.1, 0.15) is 11.6 Å². The molecule has 0 unspecified atom stereocenters. The Kier molecular flexibility index (Phi) is 2.68. The van der Waals surface area contributed by atoms with E-state index in [1.807, 2.05) is 13.0 Å². The van der Waals surface area contributed by atoms with E-state index in [4.69, 9.17) is 10.5 Å². The lowest BCUT2D eigenvalue weighted by molar-refractivity contribution is 0.414. The van der Waals surface area contributed by atoms with E-state index in [-0.39, 0.29) is 0 Å². The molecular weight excluding hydrogens is 204 g/mol. The van der Waals surface area contributed by atoms with Gasteiger partial charge in [-0.05, 0) is 19.1 Å². The molecule has 0 radical (unpaired) electrons. The van der Waals surface area contributed by atoms with Gasteiger partial charge < -0.3 is 10.5 Å². The Bertz CT molecular complexity index is 513. The molecule has 5 heteroatoms. The highest BCUT2D eigenvalue weighted by Gasteiger charge is 2.09. The van der Waals surface area contributed by atoms with Crippen LogP contribution >= 0.6 is 0 Å². The third-order valence-corrected chi connectivity index (χ3v) is 2.14. The summed E-state index contributed by atoms with van der Waals surface area (Å²) >= 11 is 0. The van der Waals surface area contributed by atoms with Crippen LogP contribution < -0.4 is 10.5 Å². The molecule has 2 N–H and O–H groups in total. The van der Waals surface area contributed by atoms with Gasteiger partial charge in [-0.2, -0.15) is 0 Å². The average molecular weight is 216 g/mol. The van der Waals surface area contributed by atoms with E-state index < -0.39 is 0 Å². The second-order valence-corrected chi connectivity index (χ2v) is 3.33. The lowest BCUT2D eigenvalue weighted by Crippen LogP contribution is -1.97. The van der Waals surface area contributed by atoms with Crippen LogP contribution in [-0.2, 0) is 0 Å². The SMILES string of the molecule is COc1cnc(C)cc1-c1nccc(N)n1. The maximum absolute atomic E-state index is 5.62. The van der Waals surface area contributed by atoms with E-state index in [0.29, 0.717) is 17.4 Å². The first-order valence-corrected chi connectivity index (χ1v) is 4.80. The van der Waals surface area contributed by atoms with E-state index in [2.05, 4.69) is 15.0 Å². The maximum Gasteiger partial charge on any atom is 0.165 e. The summed E-state index contributed by atoms with van der Waals surface area (Å²) in [6.07, 6.45) is 3.27. The highest BCUT2D eigenvalue weighted by atomic mass is 16.5. The van der Waals surface area contributed by atoms with Gasteiger partial charge in [-0.15, -0.1) is 0 Å². The summed E-state index contributed by atoms with van der Waals surface area (Å²) in [6.45, 7) is 1.90. The molecule has 0 saturated carbocycles. The van der Waals surface area contributed by atoms with Crippen LogP contribution in [-0.4, -0.2) is 22.1 Å². The van der Waals surface area contributed by atoms with Crippen molar-refractivity contribution in [2.75, 3.05) is 12.8 Å². The van der Waals surface area contributed by atoms with E-state index >= 15 is 0 Å². The van der Waals surface area contributed by atoms with Crippen LogP contribution in [0.15, 0.2) is 24.5 Å². The van der Waals surface area contributed by atoms with Crippen LogP contribution in [0.25, 0.3) is 11.4 Å². The number of nitrogens with zero attached hydrogens (tertiary/aromatic N) is 3. The number of anilines is 1. The van der Waals surface area contributed by atoms with Crippen LogP contribution in [0.2, 0.25) is 0 Å². The summed E-state index contributed by atoms with van der Waals surface area (Å²) in [4.78, 5) is 12.5. The Morgan fingerprint density at radius 3 is 2.81 bits per heavy atom. The summed E-state index contributed by atoms with van der Waals surface area (Å²) in [5, 5.41) is 0. The molecule has 0 saturated heterocycles. The van der Waals surface area contributed by atoms with Gasteiger partial charge in [0, 0.05) is 11.9 Å². The molecule has 2 aromatic heterocycles. The molecule has 0 bridgehead atoms. The normalized spacial score (nSPS) is 10.1. The fourth-order valence-corrected chi connectivity index (χ4v) is 1.39. The zero-order chi connectivity index (χ0) is 11.5. The predicted octanol–water partition coefficient (Wildman–Crippen LogP) is 1.44. The molecule has 0 spiro atoms. The van der Waals surface area contributed by atoms with Crippen molar-refractivity contribution in [1.29, 1.82) is 0 Å². The molecule has 0 fully saturated rings. The van der Waals surface area contributed by atoms with Crippen molar-refractivity contribution in [3.8, 4) is 17.1 Å². The summed E-state index contributed by atoms with van der Waals surface area (Å²) in [6, 6.07) is 3.51. The molecule has 0 aliphatic rings. The molecule has 2 aromatic rings. The van der Waals surface area contributed by atoms with Gasteiger partial charge in [-0.25, -0.2) is 9.97 Å². The number of rotatable bonds is 2. The Hall–Kier alpha value is -2.17. The minimum absolute atomic E-state index is 0.432. The second kappa shape index (κ2) is 4.14. The number of ether oxygens (including phenoxy) is 1. The van der Waals surface area contributed by atoms with Crippen LogP contribution in [0.3, 0.4) is 0 Å². The van der Waals surface area contributed by atoms with E-state index in [9.17, 15) is 0 Å². The Morgan fingerprint density at radius 2 is 2.12 bits per heavy atom. The minimum atomic E-state index is 0.432. The van der Waals surface area contributed by atoms with Crippen molar-refractivity contribution >= 4 is 5.82 Å². The second-order valence-electron chi connectivity index (χ2n) is 3.33. The highest BCUT2D eigenvalue weighted by Crippen LogP contribution is 2.26. The number of nitrogens with two attached hydrogens (primary N) is 1. The lowest BCUT2D eigenvalue weighted by Gasteiger charge is -2.07. The average Bonchev–Trinajstić information content (AvgIpc) is 2.29.